The topological polar surface area (TPSA) is 42.9 Å². The van der Waals surface area contributed by atoms with Gasteiger partial charge < -0.3 is 0 Å². The van der Waals surface area contributed by atoms with Crippen molar-refractivity contribution in [3.05, 3.63) is 23.8 Å². The van der Waals surface area contributed by atoms with Crippen LogP contribution in [0.5, 0.6) is 0 Å². The first-order valence-electron chi connectivity index (χ1n) is 4.73. The van der Waals surface area contributed by atoms with Gasteiger partial charge in [0.1, 0.15) is 17.7 Å². The molecule has 0 aliphatic rings. The second-order valence-corrected chi connectivity index (χ2v) is 3.81. The van der Waals surface area contributed by atoms with Crippen LogP contribution in [-0.4, -0.2) is 15.8 Å². The van der Waals surface area contributed by atoms with Crippen LogP contribution in [0, 0.1) is 5.92 Å². The largest absolute Gasteiger partial charge is 0.433 e. The zero-order valence-electron chi connectivity index (χ0n) is 8.88. The lowest BCUT2D eigenvalue weighted by Crippen LogP contribution is -2.12. The first-order valence-corrected chi connectivity index (χ1v) is 4.73. The Morgan fingerprint density at radius 3 is 2.50 bits per heavy atom. The minimum absolute atomic E-state index is 0.0804. The Kier molecular flexibility index (Phi) is 3.62. The molecule has 0 spiro atoms. The van der Waals surface area contributed by atoms with E-state index in [2.05, 4.69) is 9.97 Å². The molecule has 0 aliphatic heterocycles. The Bertz CT molecular complexity index is 388. The van der Waals surface area contributed by atoms with Crippen LogP contribution in [0.1, 0.15) is 36.5 Å². The number of carbonyl (C=O) groups excluding carboxylic acids is 1. The highest BCUT2D eigenvalue weighted by Gasteiger charge is 2.33. The first kappa shape index (κ1) is 12.6. The van der Waals surface area contributed by atoms with Crippen LogP contribution in [0.3, 0.4) is 0 Å². The van der Waals surface area contributed by atoms with Crippen LogP contribution >= 0.6 is 0 Å². The highest BCUT2D eigenvalue weighted by atomic mass is 19.4. The third-order valence-corrected chi connectivity index (χ3v) is 1.84. The van der Waals surface area contributed by atoms with Crippen molar-refractivity contribution in [2.45, 2.75) is 26.4 Å². The van der Waals surface area contributed by atoms with E-state index >= 15 is 0 Å². The average Bonchev–Trinajstić information content (AvgIpc) is 2.15. The van der Waals surface area contributed by atoms with Crippen molar-refractivity contribution in [2.75, 3.05) is 0 Å². The third kappa shape index (κ3) is 3.29. The molecule has 0 aliphatic carbocycles. The molecule has 0 aromatic carbocycles. The molecule has 3 nitrogen and oxygen atoms in total. The number of nitrogens with zero attached hydrogens (tertiary/aromatic N) is 2. The van der Waals surface area contributed by atoms with Crippen LogP contribution < -0.4 is 0 Å². The standard InChI is InChI=1S/C10H11F3N2O/c1-6(2)3-8(16)7-4-9(10(11,12)13)15-5-14-7/h4-6H,3H2,1-2H3. The average molecular weight is 232 g/mol. The molecule has 0 N–H and O–H groups in total. The lowest BCUT2D eigenvalue weighted by atomic mass is 10.0. The predicted molar refractivity (Wildman–Crippen MR) is 50.8 cm³/mol. The maximum Gasteiger partial charge on any atom is 0.433 e. The molecule has 1 heterocycles. The van der Waals surface area contributed by atoms with Crippen molar-refractivity contribution in [1.82, 2.24) is 9.97 Å². The second-order valence-electron chi connectivity index (χ2n) is 3.81. The molecular weight excluding hydrogens is 221 g/mol. The van der Waals surface area contributed by atoms with E-state index in [-0.39, 0.29) is 18.0 Å². The van der Waals surface area contributed by atoms with Crippen molar-refractivity contribution < 1.29 is 18.0 Å². The predicted octanol–water partition coefficient (Wildman–Crippen LogP) is 2.72. The quantitative estimate of drug-likeness (QED) is 0.752. The zero-order valence-corrected chi connectivity index (χ0v) is 8.88. The van der Waals surface area contributed by atoms with E-state index in [1.54, 1.807) is 0 Å². The molecule has 6 heteroatoms. The highest BCUT2D eigenvalue weighted by molar-refractivity contribution is 5.94. The summed E-state index contributed by atoms with van der Waals surface area (Å²) in [7, 11) is 0. The Balaban J connectivity index is 2.95. The normalized spacial score (nSPS) is 11.9. The number of alkyl halides is 3. The Morgan fingerprint density at radius 2 is 2.00 bits per heavy atom. The summed E-state index contributed by atoms with van der Waals surface area (Å²) < 4.78 is 36.9. The van der Waals surface area contributed by atoms with E-state index in [1.165, 1.54) is 0 Å². The number of hydrogen-bond donors (Lipinski definition) is 0. The lowest BCUT2D eigenvalue weighted by molar-refractivity contribution is -0.141. The van der Waals surface area contributed by atoms with Crippen LogP contribution in [0.4, 0.5) is 13.2 Å². The fourth-order valence-corrected chi connectivity index (χ4v) is 1.14. The van der Waals surface area contributed by atoms with E-state index in [0.29, 0.717) is 6.07 Å². The maximum absolute atomic E-state index is 12.3. The van der Waals surface area contributed by atoms with Gasteiger partial charge in [0, 0.05) is 6.42 Å². The van der Waals surface area contributed by atoms with E-state index in [9.17, 15) is 18.0 Å². The maximum atomic E-state index is 12.3. The van der Waals surface area contributed by atoms with Crippen LogP contribution in [0.25, 0.3) is 0 Å². The summed E-state index contributed by atoms with van der Waals surface area (Å²) in [5, 5.41) is 0. The molecule has 0 fully saturated rings. The van der Waals surface area contributed by atoms with Gasteiger partial charge in [0.05, 0.1) is 0 Å². The van der Waals surface area contributed by atoms with Gasteiger partial charge >= 0.3 is 6.18 Å². The number of Topliss-reactive ketones (excluding diaryl/α,β-unsaturated/α-hetero) is 1. The summed E-state index contributed by atoms with van der Waals surface area (Å²) in [5.74, 6) is -0.320. The molecule has 1 aromatic heterocycles. The molecule has 88 valence electrons. The van der Waals surface area contributed by atoms with Gasteiger partial charge in [0.15, 0.2) is 5.78 Å². The van der Waals surface area contributed by atoms with E-state index in [0.717, 1.165) is 6.33 Å². The summed E-state index contributed by atoms with van der Waals surface area (Å²) in [6.45, 7) is 3.62. The molecule has 0 saturated carbocycles. The van der Waals surface area contributed by atoms with Crippen molar-refractivity contribution in [1.29, 1.82) is 0 Å². The van der Waals surface area contributed by atoms with E-state index < -0.39 is 17.7 Å². The van der Waals surface area contributed by atoms with Gasteiger partial charge in [-0.1, -0.05) is 13.8 Å². The molecule has 16 heavy (non-hydrogen) atoms. The Hall–Kier alpha value is -1.46. The molecule has 1 rings (SSSR count). The molecule has 1 aromatic rings. The van der Waals surface area contributed by atoms with E-state index in [4.69, 9.17) is 0 Å². The van der Waals surface area contributed by atoms with Gasteiger partial charge in [-0.3, -0.25) is 4.79 Å². The molecule has 0 radical (unpaired) electrons. The minimum Gasteiger partial charge on any atom is -0.292 e. The van der Waals surface area contributed by atoms with Crippen LogP contribution in [-0.2, 0) is 6.18 Å². The number of ketones is 1. The molecule has 0 atom stereocenters. The van der Waals surface area contributed by atoms with Gasteiger partial charge in [-0.2, -0.15) is 13.2 Å². The summed E-state index contributed by atoms with van der Waals surface area (Å²) in [6, 6.07) is 0.685. The summed E-state index contributed by atoms with van der Waals surface area (Å²) in [6.07, 6.45) is -3.61. The van der Waals surface area contributed by atoms with Gasteiger partial charge in [-0.25, -0.2) is 9.97 Å². The van der Waals surface area contributed by atoms with Gasteiger partial charge in [0.2, 0.25) is 0 Å². The van der Waals surface area contributed by atoms with Gasteiger partial charge in [0.25, 0.3) is 0 Å². The number of carbonyl (C=O) groups is 1. The van der Waals surface area contributed by atoms with E-state index in [1.807, 2.05) is 13.8 Å². The highest BCUT2D eigenvalue weighted by Crippen LogP contribution is 2.27. The summed E-state index contributed by atoms with van der Waals surface area (Å²) in [4.78, 5) is 18.1. The number of rotatable bonds is 3. The van der Waals surface area contributed by atoms with Crippen molar-refractivity contribution in [2.24, 2.45) is 5.92 Å². The fourth-order valence-electron chi connectivity index (χ4n) is 1.14. The SMILES string of the molecule is CC(C)CC(=O)c1cc(C(F)(F)F)ncn1. The number of hydrogen-bond acceptors (Lipinski definition) is 3. The third-order valence-electron chi connectivity index (χ3n) is 1.84. The minimum atomic E-state index is -4.55. The van der Waals surface area contributed by atoms with Crippen LogP contribution in [0.15, 0.2) is 12.4 Å². The summed E-state index contributed by atoms with van der Waals surface area (Å²) >= 11 is 0. The lowest BCUT2D eigenvalue weighted by Gasteiger charge is -2.07. The van der Waals surface area contributed by atoms with Gasteiger partial charge in [-0.05, 0) is 12.0 Å². The fraction of sp³-hybridized carbons (Fsp3) is 0.500. The summed E-state index contributed by atoms with van der Waals surface area (Å²) in [5.41, 5.74) is -1.27. The second kappa shape index (κ2) is 4.59. The molecule has 0 saturated heterocycles. The molecule has 0 unspecified atom stereocenters. The Morgan fingerprint density at radius 1 is 1.38 bits per heavy atom. The smallest absolute Gasteiger partial charge is 0.292 e. The first-order chi connectivity index (χ1) is 7.30. The van der Waals surface area contributed by atoms with Crippen LogP contribution in [0.2, 0.25) is 0 Å². The molecule has 0 bridgehead atoms. The zero-order chi connectivity index (χ0) is 12.3. The molecular formula is C10H11F3N2O. The van der Waals surface area contributed by atoms with Gasteiger partial charge in [-0.15, -0.1) is 0 Å². The number of aromatic nitrogens is 2. The number of halogens is 3. The van der Waals surface area contributed by atoms with Crippen molar-refractivity contribution in [3.63, 3.8) is 0 Å². The Labute approximate surface area is 90.7 Å². The monoisotopic (exact) mass is 232 g/mol. The van der Waals surface area contributed by atoms with Crippen molar-refractivity contribution in [3.8, 4) is 0 Å². The van der Waals surface area contributed by atoms with Crippen molar-refractivity contribution >= 4 is 5.78 Å². The molecule has 0 amide bonds.